The fourth-order valence-corrected chi connectivity index (χ4v) is 9.84. The number of amides is 7. The number of esters is 1. The number of hydrogen-bond donors (Lipinski definition) is 5. The van der Waals surface area contributed by atoms with Crippen molar-refractivity contribution >= 4 is 47.9 Å². The molecule has 2 aliphatic rings. The van der Waals surface area contributed by atoms with Crippen molar-refractivity contribution in [1.29, 1.82) is 0 Å². The summed E-state index contributed by atoms with van der Waals surface area (Å²) in [5.41, 5.74) is -0.247. The molecule has 4 aromatic rings. The van der Waals surface area contributed by atoms with Gasteiger partial charge in [-0.3, -0.25) is 24.1 Å². The normalized spacial score (nSPS) is 15.5. The molecule has 6 rings (SSSR count). The van der Waals surface area contributed by atoms with Gasteiger partial charge in [0.1, 0.15) is 54.6 Å². The fraction of sp³-hybridized carbons (Fsp3) is 0.500. The van der Waals surface area contributed by atoms with Crippen LogP contribution in [0.15, 0.2) is 121 Å². The molecular formula is C64H85N7O12. The van der Waals surface area contributed by atoms with Gasteiger partial charge < -0.3 is 50.4 Å². The van der Waals surface area contributed by atoms with Gasteiger partial charge in [0.2, 0.25) is 23.6 Å². The van der Waals surface area contributed by atoms with E-state index < -0.39 is 89.3 Å². The number of rotatable bonds is 26. The van der Waals surface area contributed by atoms with Crippen LogP contribution in [0.4, 0.5) is 14.4 Å². The number of likely N-dealkylation sites (tertiary alicyclic amines) is 1. The number of unbranched alkanes of at least 4 members (excludes halogenated alkanes) is 1. The molecule has 5 N–H and O–H groups in total. The number of piperidine rings is 1. The molecule has 0 spiro atoms. The van der Waals surface area contributed by atoms with Crippen LogP contribution in [0.2, 0.25) is 0 Å². The second-order valence-corrected chi connectivity index (χ2v) is 24.1. The maximum absolute atomic E-state index is 14.8. The Hall–Kier alpha value is -7.96. The second-order valence-electron chi connectivity index (χ2n) is 24.1. The topological polar surface area (TPSA) is 240 Å². The van der Waals surface area contributed by atoms with Gasteiger partial charge in [-0.15, -0.1) is 0 Å². The zero-order valence-corrected chi connectivity index (χ0v) is 49.5. The van der Waals surface area contributed by atoms with Crippen molar-refractivity contribution in [1.82, 2.24) is 36.4 Å². The van der Waals surface area contributed by atoms with Crippen LogP contribution in [-0.4, -0.2) is 125 Å². The third-order valence-corrected chi connectivity index (χ3v) is 14.3. The van der Waals surface area contributed by atoms with E-state index in [1.807, 2.05) is 123 Å². The summed E-state index contributed by atoms with van der Waals surface area (Å²) in [5, 5.41) is 14.2. The van der Waals surface area contributed by atoms with E-state index in [9.17, 15) is 38.4 Å². The maximum Gasteiger partial charge on any atom is 0.410 e. The molecule has 0 unspecified atom stereocenters. The van der Waals surface area contributed by atoms with Crippen molar-refractivity contribution in [2.24, 2.45) is 5.92 Å². The molecule has 2 fully saturated rings. The van der Waals surface area contributed by atoms with Gasteiger partial charge in [0.05, 0.1) is 0 Å². The van der Waals surface area contributed by atoms with Crippen molar-refractivity contribution in [3.63, 3.8) is 0 Å². The summed E-state index contributed by atoms with van der Waals surface area (Å²) in [4.78, 5) is 115. The van der Waals surface area contributed by atoms with Crippen LogP contribution in [0.3, 0.4) is 0 Å². The Balaban J connectivity index is 1.20. The molecule has 19 nitrogen and oxygen atoms in total. The Morgan fingerprint density at radius 3 is 1.65 bits per heavy atom. The van der Waals surface area contributed by atoms with Crippen LogP contribution in [0, 0.1) is 5.92 Å². The lowest BCUT2D eigenvalue weighted by Gasteiger charge is -2.41. The summed E-state index contributed by atoms with van der Waals surface area (Å²) in [7, 11) is 0. The molecule has 1 heterocycles. The van der Waals surface area contributed by atoms with Crippen LogP contribution in [0.5, 0.6) is 0 Å². The van der Waals surface area contributed by atoms with Crippen molar-refractivity contribution < 1.29 is 57.3 Å². The molecule has 83 heavy (non-hydrogen) atoms. The van der Waals surface area contributed by atoms with Gasteiger partial charge in [0, 0.05) is 38.0 Å². The lowest BCUT2D eigenvalue weighted by molar-refractivity contribution is -0.157. The Bertz CT molecular complexity index is 2780. The minimum atomic E-state index is -1.57. The minimum Gasteiger partial charge on any atom is -0.459 e. The SMILES string of the molecule is CC(C)C[C@@H](NC(=O)[C@@H](Cc1ccccc1)NC(=O)CN(CC1(c2ccccc2)CC1)C(=O)OC(C)(C)C)C(=O)N[C@H](CCCCNC(=O)OC(C)(C)C)C(=O)N1CCC(NC(=O)OCc2ccccc2)(C(=O)OCc2ccccc2)CC1. The predicted molar refractivity (Wildman–Crippen MR) is 313 cm³/mol. The molecule has 7 amide bonds. The molecule has 1 aliphatic heterocycles. The van der Waals surface area contributed by atoms with Crippen molar-refractivity contribution in [2.75, 3.05) is 32.7 Å². The summed E-state index contributed by atoms with van der Waals surface area (Å²) in [6.07, 6.45) is 0.525. The van der Waals surface area contributed by atoms with E-state index >= 15 is 0 Å². The molecule has 4 aromatic carbocycles. The second kappa shape index (κ2) is 29.8. The number of carbonyl (C=O) groups is 8. The first-order valence-corrected chi connectivity index (χ1v) is 28.8. The van der Waals surface area contributed by atoms with Crippen LogP contribution in [-0.2, 0) is 68.0 Å². The molecule has 19 heteroatoms. The van der Waals surface area contributed by atoms with Crippen molar-refractivity contribution in [3.05, 3.63) is 144 Å². The van der Waals surface area contributed by atoms with Gasteiger partial charge in [-0.2, -0.15) is 0 Å². The van der Waals surface area contributed by atoms with Gasteiger partial charge in [-0.05, 0) is 121 Å². The zero-order chi connectivity index (χ0) is 60.2. The van der Waals surface area contributed by atoms with Gasteiger partial charge in [0.25, 0.3) is 0 Å². The lowest BCUT2D eigenvalue weighted by Crippen LogP contribution is -2.63. The highest BCUT2D eigenvalue weighted by Crippen LogP contribution is 2.48. The molecule has 1 saturated heterocycles. The third kappa shape index (κ3) is 21.1. The average molecular weight is 1140 g/mol. The predicted octanol–water partition coefficient (Wildman–Crippen LogP) is 8.42. The first-order chi connectivity index (χ1) is 39.4. The van der Waals surface area contributed by atoms with E-state index in [2.05, 4.69) is 26.6 Å². The number of nitrogens with zero attached hydrogens (tertiary/aromatic N) is 2. The van der Waals surface area contributed by atoms with E-state index in [0.717, 1.165) is 35.1 Å². The molecule has 448 valence electrons. The van der Waals surface area contributed by atoms with Crippen LogP contribution < -0.4 is 26.6 Å². The van der Waals surface area contributed by atoms with Gasteiger partial charge in [-0.25, -0.2) is 19.2 Å². The highest BCUT2D eigenvalue weighted by Gasteiger charge is 2.48. The van der Waals surface area contributed by atoms with Crippen LogP contribution >= 0.6 is 0 Å². The van der Waals surface area contributed by atoms with E-state index in [1.54, 1.807) is 53.7 Å². The molecule has 0 bridgehead atoms. The summed E-state index contributed by atoms with van der Waals surface area (Å²) in [6, 6.07) is 33.6. The Morgan fingerprint density at radius 1 is 0.590 bits per heavy atom. The Labute approximate surface area is 488 Å². The molecule has 0 radical (unpaired) electrons. The molecule has 1 aliphatic carbocycles. The van der Waals surface area contributed by atoms with Crippen LogP contribution in [0.25, 0.3) is 0 Å². The quantitative estimate of drug-likeness (QED) is 0.0226. The molecule has 1 saturated carbocycles. The highest BCUT2D eigenvalue weighted by molar-refractivity contribution is 5.95. The van der Waals surface area contributed by atoms with E-state index in [0.29, 0.717) is 12.8 Å². The third-order valence-electron chi connectivity index (χ3n) is 14.3. The maximum atomic E-state index is 14.8. The molecular weight excluding hydrogens is 1060 g/mol. The number of nitrogens with one attached hydrogen (secondary N) is 5. The molecule has 0 aromatic heterocycles. The lowest BCUT2D eigenvalue weighted by atomic mass is 9.87. The minimum absolute atomic E-state index is 0.0174. The summed E-state index contributed by atoms with van der Waals surface area (Å²) in [6.45, 7) is 14.2. The first kappa shape index (κ1) is 64.2. The first-order valence-electron chi connectivity index (χ1n) is 28.8. The number of hydrogen-bond acceptors (Lipinski definition) is 12. The van der Waals surface area contributed by atoms with Crippen LogP contribution in [0.1, 0.15) is 129 Å². The average Bonchev–Trinajstić information content (AvgIpc) is 4.33. The Kier molecular flexibility index (Phi) is 23.1. The van der Waals surface area contributed by atoms with E-state index in [4.69, 9.17) is 18.9 Å². The van der Waals surface area contributed by atoms with Crippen molar-refractivity contribution in [2.45, 2.75) is 167 Å². The fourth-order valence-electron chi connectivity index (χ4n) is 9.84. The number of benzene rings is 4. The van der Waals surface area contributed by atoms with Gasteiger partial charge in [-0.1, -0.05) is 135 Å². The van der Waals surface area contributed by atoms with Crippen molar-refractivity contribution in [3.8, 4) is 0 Å². The van der Waals surface area contributed by atoms with E-state index in [-0.39, 0.29) is 82.8 Å². The number of ether oxygens (including phenoxy) is 4. The highest BCUT2D eigenvalue weighted by atomic mass is 16.6. The van der Waals surface area contributed by atoms with Gasteiger partial charge >= 0.3 is 24.2 Å². The molecule has 3 atom stereocenters. The number of carbonyl (C=O) groups excluding carboxylic acids is 8. The van der Waals surface area contributed by atoms with Gasteiger partial charge in [0.15, 0.2) is 0 Å². The standard InChI is InChI=1S/C64H85N7O12/c1-45(2)39-51(68-55(74)52(40-46-23-13-9-14-24-46)66-53(72)41-71(60(79)83-62(6,7)8)44-63(32-33-63)49-29-19-12-20-30-49)54(73)67-50(31-21-22-36-65-58(77)82-61(3,4)5)56(75)70-37-34-64(35-38-70,57(76)80-42-47-25-15-10-16-26-47)69-59(78)81-43-48-27-17-11-18-28-48/h9-20,23-30,45,50-52H,21-22,31-44H2,1-8H3,(H,65,77)(H,66,72)(H,67,73)(H,68,74)(H,69,78)/t50-,51-,52-/m1/s1. The Morgan fingerprint density at radius 2 is 1.11 bits per heavy atom. The van der Waals surface area contributed by atoms with E-state index in [1.165, 1.54) is 9.80 Å². The smallest absolute Gasteiger partial charge is 0.410 e. The monoisotopic (exact) mass is 1140 g/mol. The zero-order valence-electron chi connectivity index (χ0n) is 49.5. The summed E-state index contributed by atoms with van der Waals surface area (Å²) in [5.74, 6) is -3.21. The summed E-state index contributed by atoms with van der Waals surface area (Å²) >= 11 is 0. The largest absolute Gasteiger partial charge is 0.459 e. The number of alkyl carbamates (subject to hydrolysis) is 2. The summed E-state index contributed by atoms with van der Waals surface area (Å²) < 4.78 is 22.5.